The van der Waals surface area contributed by atoms with Crippen LogP contribution in [0.25, 0.3) is 0 Å². The Morgan fingerprint density at radius 3 is 1.74 bits per heavy atom. The predicted octanol–water partition coefficient (Wildman–Crippen LogP) is 2.63. The molecule has 1 amide bonds. The zero-order chi connectivity index (χ0) is 13.7. The molecular weight excluding hydrogens is 244 g/mol. The Morgan fingerprint density at radius 2 is 1.37 bits per heavy atom. The topological polar surface area (TPSA) is 63.4 Å². The lowest BCUT2D eigenvalue weighted by molar-refractivity contribution is -0.467. The molecule has 5 heteroatoms. The van der Waals surface area contributed by atoms with E-state index in [1.807, 2.05) is 12.1 Å². The van der Waals surface area contributed by atoms with Crippen molar-refractivity contribution in [2.45, 2.75) is 0 Å². The molecule has 0 unspecified atom stereocenters. The van der Waals surface area contributed by atoms with Crippen LogP contribution in [0.3, 0.4) is 0 Å². The molecule has 0 N–H and O–H groups in total. The van der Waals surface area contributed by atoms with Crippen molar-refractivity contribution in [3.05, 3.63) is 70.8 Å². The van der Waals surface area contributed by atoms with Crippen LogP contribution in [0.15, 0.2) is 60.7 Å². The summed E-state index contributed by atoms with van der Waals surface area (Å²) >= 11 is 0. The average Bonchev–Trinajstić information content (AvgIpc) is 2.40. The second-order valence-corrected chi connectivity index (χ2v) is 3.89. The number of hydrogen-bond donors (Lipinski definition) is 0. The highest BCUT2D eigenvalue weighted by atomic mass is 16.6. The van der Waals surface area contributed by atoms with Gasteiger partial charge >= 0.3 is 5.91 Å². The number of carbonyl (C=O) groups is 1. The van der Waals surface area contributed by atoms with E-state index in [9.17, 15) is 14.9 Å². The van der Waals surface area contributed by atoms with Gasteiger partial charge in [-0.3, -0.25) is 19.8 Å². The minimum absolute atomic E-state index is 0.567. The van der Waals surface area contributed by atoms with Crippen LogP contribution in [0, 0.1) is 10.1 Å². The first-order valence-corrected chi connectivity index (χ1v) is 5.73. The predicted molar refractivity (Wildman–Crippen MR) is 71.9 cm³/mol. The normalized spacial score (nSPS) is 9.89. The lowest BCUT2D eigenvalue weighted by Gasteiger charge is -2.21. The van der Waals surface area contributed by atoms with E-state index in [0.29, 0.717) is 11.4 Å². The summed E-state index contributed by atoms with van der Waals surface area (Å²) in [5.41, 5.74) is 1.22. The van der Waals surface area contributed by atoms with Gasteiger partial charge in [0.05, 0.1) is 0 Å². The second kappa shape index (κ2) is 5.77. The molecule has 0 radical (unpaired) electrons. The van der Waals surface area contributed by atoms with Gasteiger partial charge in [-0.2, -0.15) is 0 Å². The largest absolute Gasteiger partial charge is 0.303 e. The number of para-hydroxylation sites is 2. The molecule has 5 nitrogen and oxygen atoms in total. The minimum atomic E-state index is -0.732. The molecule has 96 valence electrons. The third-order valence-electron chi connectivity index (χ3n) is 2.54. The first-order valence-electron chi connectivity index (χ1n) is 5.73. The van der Waals surface area contributed by atoms with E-state index in [2.05, 4.69) is 0 Å². The van der Waals surface area contributed by atoms with Crippen LogP contribution in [-0.4, -0.2) is 17.4 Å². The molecule has 0 aliphatic carbocycles. The molecule has 0 aliphatic heterocycles. The smallest absolute Gasteiger partial charge is 0.275 e. The van der Waals surface area contributed by atoms with Crippen molar-refractivity contribution < 1.29 is 9.72 Å². The van der Waals surface area contributed by atoms with Crippen molar-refractivity contribution in [3.63, 3.8) is 0 Å². The molecule has 0 saturated heterocycles. The molecule has 0 heterocycles. The van der Waals surface area contributed by atoms with Crippen molar-refractivity contribution in [2.24, 2.45) is 0 Å². The Morgan fingerprint density at radius 1 is 0.947 bits per heavy atom. The zero-order valence-electron chi connectivity index (χ0n) is 10.1. The quantitative estimate of drug-likeness (QED) is 0.624. The highest BCUT2D eigenvalue weighted by Crippen LogP contribution is 2.24. The molecular formula is C14H12N2O3. The van der Waals surface area contributed by atoms with E-state index in [1.165, 1.54) is 4.90 Å². The highest BCUT2D eigenvalue weighted by molar-refractivity contribution is 6.01. The van der Waals surface area contributed by atoms with Gasteiger partial charge in [0, 0.05) is 16.3 Å². The van der Waals surface area contributed by atoms with Gasteiger partial charge in [0.2, 0.25) is 0 Å². The minimum Gasteiger partial charge on any atom is -0.275 e. The van der Waals surface area contributed by atoms with Gasteiger partial charge in [0.15, 0.2) is 0 Å². The Balaban J connectivity index is 2.40. The maximum absolute atomic E-state index is 12.0. The summed E-state index contributed by atoms with van der Waals surface area (Å²) in [6, 6.07) is 17.7. The SMILES string of the molecule is O=C(C[N+](=O)[O-])N(c1ccccc1)c1ccccc1. The molecule has 0 spiro atoms. The molecule has 0 aromatic heterocycles. The van der Waals surface area contributed by atoms with Crippen LogP contribution < -0.4 is 4.90 Å². The molecule has 2 aromatic rings. The average molecular weight is 256 g/mol. The highest BCUT2D eigenvalue weighted by Gasteiger charge is 2.21. The van der Waals surface area contributed by atoms with Crippen LogP contribution >= 0.6 is 0 Å². The fourth-order valence-corrected chi connectivity index (χ4v) is 1.77. The summed E-state index contributed by atoms with van der Waals surface area (Å²) in [4.78, 5) is 23.3. The Labute approximate surface area is 110 Å². The monoisotopic (exact) mass is 256 g/mol. The van der Waals surface area contributed by atoms with Crippen LogP contribution in [0.1, 0.15) is 0 Å². The summed E-state index contributed by atoms with van der Waals surface area (Å²) in [7, 11) is 0. The maximum Gasteiger partial charge on any atom is 0.303 e. The van der Waals surface area contributed by atoms with Gasteiger partial charge in [-0.05, 0) is 24.3 Å². The Hall–Kier alpha value is -2.69. The number of nitrogens with zero attached hydrogens (tertiary/aromatic N) is 2. The summed E-state index contributed by atoms with van der Waals surface area (Å²) in [6.07, 6.45) is 0. The summed E-state index contributed by atoms with van der Waals surface area (Å²) in [5, 5.41) is 10.5. The van der Waals surface area contributed by atoms with E-state index in [-0.39, 0.29) is 0 Å². The van der Waals surface area contributed by atoms with E-state index >= 15 is 0 Å². The molecule has 2 aromatic carbocycles. The standard InChI is InChI=1S/C14H12N2O3/c17-14(11-15(18)19)16(12-7-3-1-4-8-12)13-9-5-2-6-10-13/h1-10H,11H2. The van der Waals surface area contributed by atoms with E-state index < -0.39 is 17.4 Å². The van der Waals surface area contributed by atoms with Gasteiger partial charge in [-0.1, -0.05) is 36.4 Å². The molecule has 0 atom stereocenters. The lowest BCUT2D eigenvalue weighted by Crippen LogP contribution is -2.31. The van der Waals surface area contributed by atoms with Crippen LogP contribution in [-0.2, 0) is 4.79 Å². The summed E-state index contributed by atoms with van der Waals surface area (Å²) in [5.74, 6) is -0.567. The fraction of sp³-hybridized carbons (Fsp3) is 0.0714. The maximum atomic E-state index is 12.0. The Kier molecular flexibility index (Phi) is 3.87. The molecule has 2 rings (SSSR count). The number of amides is 1. The first-order chi connectivity index (χ1) is 9.18. The van der Waals surface area contributed by atoms with E-state index in [4.69, 9.17) is 0 Å². The van der Waals surface area contributed by atoms with Crippen molar-refractivity contribution in [2.75, 3.05) is 11.4 Å². The van der Waals surface area contributed by atoms with Gasteiger partial charge in [-0.25, -0.2) is 0 Å². The van der Waals surface area contributed by atoms with Gasteiger partial charge in [-0.15, -0.1) is 0 Å². The van der Waals surface area contributed by atoms with Crippen LogP contribution in [0.5, 0.6) is 0 Å². The second-order valence-electron chi connectivity index (χ2n) is 3.89. The van der Waals surface area contributed by atoms with Crippen molar-refractivity contribution >= 4 is 17.3 Å². The number of carbonyl (C=O) groups excluding carboxylic acids is 1. The third kappa shape index (κ3) is 3.16. The number of rotatable bonds is 4. The third-order valence-corrected chi connectivity index (χ3v) is 2.54. The van der Waals surface area contributed by atoms with Crippen molar-refractivity contribution in [1.29, 1.82) is 0 Å². The molecule has 0 fully saturated rings. The number of benzene rings is 2. The van der Waals surface area contributed by atoms with Crippen LogP contribution in [0.2, 0.25) is 0 Å². The Bertz CT molecular complexity index is 530. The van der Waals surface area contributed by atoms with Crippen LogP contribution in [0.4, 0.5) is 11.4 Å². The molecule has 0 bridgehead atoms. The van der Waals surface area contributed by atoms with Gasteiger partial charge in [0.1, 0.15) is 0 Å². The number of anilines is 2. The number of nitro groups is 1. The zero-order valence-corrected chi connectivity index (χ0v) is 10.1. The van der Waals surface area contributed by atoms with Crippen molar-refractivity contribution in [1.82, 2.24) is 0 Å². The van der Waals surface area contributed by atoms with Crippen molar-refractivity contribution in [3.8, 4) is 0 Å². The first kappa shape index (κ1) is 12.8. The lowest BCUT2D eigenvalue weighted by atomic mass is 10.2. The molecule has 0 aliphatic rings. The van der Waals surface area contributed by atoms with E-state index in [1.54, 1.807) is 48.5 Å². The van der Waals surface area contributed by atoms with Gasteiger partial charge in [0.25, 0.3) is 6.54 Å². The van der Waals surface area contributed by atoms with Gasteiger partial charge < -0.3 is 0 Å². The molecule has 0 saturated carbocycles. The summed E-state index contributed by atoms with van der Waals surface area (Å²) in [6.45, 7) is -0.732. The molecule has 19 heavy (non-hydrogen) atoms. The van der Waals surface area contributed by atoms with E-state index in [0.717, 1.165) is 0 Å². The summed E-state index contributed by atoms with van der Waals surface area (Å²) < 4.78 is 0. The number of hydrogen-bond acceptors (Lipinski definition) is 3. The fourth-order valence-electron chi connectivity index (χ4n) is 1.77.